The lowest BCUT2D eigenvalue weighted by atomic mass is 9.49. The van der Waals surface area contributed by atoms with Crippen molar-refractivity contribution < 1.29 is 9.13 Å². The maximum atomic E-state index is 2.91. The molecule has 356 valence electrons. The van der Waals surface area contributed by atoms with E-state index in [-0.39, 0.29) is 11.0 Å². The van der Waals surface area contributed by atoms with Crippen LogP contribution >= 0.6 is 0 Å². The Morgan fingerprint density at radius 3 is 2.19 bits per heavy atom. The largest absolute Gasteiger partial charge is 0.214 e. The second-order valence-electron chi connectivity index (χ2n) is 22.4. The molecule has 5 atom stereocenters. The Morgan fingerprint density at radius 2 is 1.44 bits per heavy atom. The zero-order valence-electron chi connectivity index (χ0n) is 43.4. The quantitative estimate of drug-likeness (QED) is 0.0512. The van der Waals surface area contributed by atoms with E-state index in [2.05, 4.69) is 155 Å². The molecule has 2 nitrogen and oxygen atoms in total. The predicted octanol–water partition coefficient (Wildman–Crippen LogP) is 17.1. The van der Waals surface area contributed by atoms with Gasteiger partial charge in [-0.05, 0) is 145 Å². The number of nitrogens with zero attached hydrogens (tertiary/aromatic N) is 2. The summed E-state index contributed by atoms with van der Waals surface area (Å²) in [6.45, 7) is 17.5. The summed E-state index contributed by atoms with van der Waals surface area (Å²) in [6.07, 6.45) is 35.1. The summed E-state index contributed by atoms with van der Waals surface area (Å²) in [5.74, 6) is 2.09. The standard InChI is InChI=1S/C66H84N2/c1-8-13-15-17-19-21-25-53(11-4)66(59-34-30-50(59)24-20-18-16-14-9-2)60-40-48(10-3)28-33-55(60)57-41-56-52(45-67-37-23-22-26-63(67)54-32-27-46(6)38-47(54)7)44-65(12-5)43-49-29-35-62-51(39-49)31-36-64(68(62)65)58(56)42-61(57)66/h22-23,26-28,31-33,36-42,44,50,53,59H,8-21,24-25,29-30,34-35,43,45H2,1-7H3/q+2. The van der Waals surface area contributed by atoms with Crippen LogP contribution in [0.25, 0.3) is 45.3 Å². The summed E-state index contributed by atoms with van der Waals surface area (Å²) in [5.41, 5.74) is 23.6. The zero-order chi connectivity index (χ0) is 47.0. The van der Waals surface area contributed by atoms with Gasteiger partial charge >= 0.3 is 0 Å². The number of hydrogen-bond donors (Lipinski definition) is 0. The monoisotopic (exact) mass is 905 g/mol. The van der Waals surface area contributed by atoms with Gasteiger partial charge in [0.1, 0.15) is 0 Å². The van der Waals surface area contributed by atoms with Gasteiger partial charge in [0, 0.05) is 59.6 Å². The zero-order valence-corrected chi connectivity index (χ0v) is 43.4. The molecule has 6 aliphatic rings. The molecular weight excluding hydrogens is 821 g/mol. The SMILES string of the molecule is CCCCCCCCC(CC)C1(C2CCC2CCCCCCC)c2cc(CC)ccc2-c2cc3c(cc21)-c1ccc2c4[n+]1C(CC)(C=C3C[n+]1ccccc1-c1ccc(C)cc1C)CC(=C2)CC4. The molecule has 0 spiro atoms. The minimum atomic E-state index is -0.126. The molecule has 68 heavy (non-hydrogen) atoms. The van der Waals surface area contributed by atoms with Crippen LogP contribution in [0, 0.1) is 31.6 Å². The van der Waals surface area contributed by atoms with Crippen LogP contribution in [0.4, 0.5) is 0 Å². The van der Waals surface area contributed by atoms with Crippen LogP contribution in [0.2, 0.25) is 0 Å². The number of allylic oxidation sites excluding steroid dienone is 3. The van der Waals surface area contributed by atoms with Crippen LogP contribution in [0.15, 0.2) is 96.7 Å². The first-order valence-corrected chi connectivity index (χ1v) is 28.2. The van der Waals surface area contributed by atoms with Gasteiger partial charge in [-0.2, -0.15) is 9.13 Å². The number of fused-ring (bicyclic) bond motifs is 6. The fraction of sp³-hybridized carbons (Fsp3) is 0.515. The topological polar surface area (TPSA) is 7.76 Å². The van der Waals surface area contributed by atoms with E-state index in [1.165, 1.54) is 165 Å². The van der Waals surface area contributed by atoms with Crippen LogP contribution in [-0.2, 0) is 30.3 Å². The molecule has 0 saturated heterocycles. The Labute approximate surface area is 412 Å². The van der Waals surface area contributed by atoms with Crippen molar-refractivity contribution in [2.24, 2.45) is 17.8 Å². The van der Waals surface area contributed by atoms with Crippen molar-refractivity contribution in [3.8, 4) is 33.6 Å². The highest BCUT2D eigenvalue weighted by atomic mass is 15.1. The van der Waals surface area contributed by atoms with E-state index in [9.17, 15) is 0 Å². The Morgan fingerprint density at radius 1 is 0.662 bits per heavy atom. The predicted molar refractivity (Wildman–Crippen MR) is 288 cm³/mol. The van der Waals surface area contributed by atoms with E-state index < -0.39 is 0 Å². The average Bonchev–Trinajstić information content (AvgIpc) is 3.40. The van der Waals surface area contributed by atoms with Gasteiger partial charge in [0.2, 0.25) is 11.4 Å². The normalized spacial score (nSPS) is 22.1. The van der Waals surface area contributed by atoms with Crippen LogP contribution < -0.4 is 9.13 Å². The molecule has 0 radical (unpaired) electrons. The van der Waals surface area contributed by atoms with E-state index in [1.54, 1.807) is 33.5 Å². The lowest BCUT2D eigenvalue weighted by molar-refractivity contribution is -0.748. The maximum absolute atomic E-state index is 2.91. The summed E-state index contributed by atoms with van der Waals surface area (Å²) in [4.78, 5) is 0. The molecule has 3 aliphatic carbocycles. The van der Waals surface area contributed by atoms with Crippen LogP contribution in [0.5, 0.6) is 0 Å². The molecule has 11 rings (SSSR count). The van der Waals surface area contributed by atoms with E-state index in [0.29, 0.717) is 11.8 Å². The molecule has 0 N–H and O–H groups in total. The Hall–Kier alpha value is -4.56. The minimum Gasteiger partial charge on any atom is -0.194 e. The Kier molecular flexibility index (Phi) is 13.9. The van der Waals surface area contributed by atoms with Gasteiger partial charge in [0.05, 0.1) is 5.56 Å². The first-order valence-electron chi connectivity index (χ1n) is 28.2. The summed E-state index contributed by atoms with van der Waals surface area (Å²) in [5, 5.41) is 0. The van der Waals surface area contributed by atoms with Crippen LogP contribution in [0.3, 0.4) is 0 Å². The average molecular weight is 905 g/mol. The summed E-state index contributed by atoms with van der Waals surface area (Å²) >= 11 is 0. The number of rotatable bonds is 21. The number of aryl methyl sites for hydroxylation is 3. The fourth-order valence-electron chi connectivity index (χ4n) is 14.8. The highest BCUT2D eigenvalue weighted by Crippen LogP contribution is 2.65. The number of hydrogen-bond acceptors (Lipinski definition) is 0. The Balaban J connectivity index is 1.20. The third-order valence-corrected chi connectivity index (χ3v) is 18.5. The Bertz CT molecular complexity index is 2700. The second-order valence-corrected chi connectivity index (χ2v) is 22.4. The van der Waals surface area contributed by atoms with E-state index in [4.69, 9.17) is 0 Å². The summed E-state index contributed by atoms with van der Waals surface area (Å²) in [6, 6.07) is 32.4. The van der Waals surface area contributed by atoms with E-state index in [1.807, 2.05) is 0 Å². The first-order chi connectivity index (χ1) is 33.3. The molecule has 2 aromatic heterocycles. The third kappa shape index (κ3) is 8.20. The molecule has 5 heterocycles. The van der Waals surface area contributed by atoms with Gasteiger partial charge in [-0.1, -0.05) is 160 Å². The first kappa shape index (κ1) is 47.1. The molecular formula is C66H84N2+2. The van der Waals surface area contributed by atoms with Gasteiger partial charge in [0.15, 0.2) is 24.0 Å². The molecule has 2 heteroatoms. The molecule has 1 saturated carbocycles. The molecule has 3 aliphatic heterocycles. The third-order valence-electron chi connectivity index (χ3n) is 18.5. The van der Waals surface area contributed by atoms with Gasteiger partial charge in [0.25, 0.3) is 0 Å². The molecule has 5 aromatic rings. The highest BCUT2D eigenvalue weighted by molar-refractivity contribution is 5.91. The molecule has 5 unspecified atom stereocenters. The van der Waals surface area contributed by atoms with Crippen LogP contribution in [0.1, 0.15) is 201 Å². The number of benzene rings is 3. The van der Waals surface area contributed by atoms with Crippen molar-refractivity contribution in [1.29, 1.82) is 0 Å². The number of pyridine rings is 2. The fourth-order valence-corrected chi connectivity index (χ4v) is 14.8. The van der Waals surface area contributed by atoms with Crippen molar-refractivity contribution in [1.82, 2.24) is 0 Å². The smallest absolute Gasteiger partial charge is 0.194 e. The molecule has 3 aromatic carbocycles. The lowest BCUT2D eigenvalue weighted by Gasteiger charge is -2.54. The lowest BCUT2D eigenvalue weighted by Crippen LogP contribution is -2.57. The second kappa shape index (κ2) is 20.0. The van der Waals surface area contributed by atoms with Gasteiger partial charge in [-0.25, -0.2) is 0 Å². The molecule has 1 fully saturated rings. The van der Waals surface area contributed by atoms with Crippen molar-refractivity contribution >= 4 is 11.6 Å². The molecule has 0 amide bonds. The van der Waals surface area contributed by atoms with Crippen LogP contribution in [-0.4, -0.2) is 0 Å². The van der Waals surface area contributed by atoms with E-state index >= 15 is 0 Å². The highest BCUT2D eigenvalue weighted by Gasteiger charge is 2.58. The number of aromatic nitrogens is 2. The van der Waals surface area contributed by atoms with Crippen molar-refractivity contribution in [2.45, 2.75) is 201 Å². The summed E-state index contributed by atoms with van der Waals surface area (Å²) < 4.78 is 5.48. The molecule has 4 bridgehead atoms. The summed E-state index contributed by atoms with van der Waals surface area (Å²) in [7, 11) is 0. The van der Waals surface area contributed by atoms with Crippen molar-refractivity contribution in [2.75, 3.05) is 0 Å². The van der Waals surface area contributed by atoms with Gasteiger partial charge in [-0.3, -0.25) is 0 Å². The number of unbranched alkanes of at least 4 members (excludes halogenated alkanes) is 9. The van der Waals surface area contributed by atoms with Crippen molar-refractivity contribution in [3.63, 3.8) is 0 Å². The maximum Gasteiger partial charge on any atom is 0.214 e. The van der Waals surface area contributed by atoms with Gasteiger partial charge in [-0.15, -0.1) is 0 Å². The van der Waals surface area contributed by atoms with Crippen molar-refractivity contribution in [3.05, 3.63) is 141 Å². The van der Waals surface area contributed by atoms with Gasteiger partial charge < -0.3 is 0 Å². The van der Waals surface area contributed by atoms with E-state index in [0.717, 1.165) is 38.1 Å². The minimum absolute atomic E-state index is 0.0158.